The SMILES string of the molecule is O=C(NC(CC(F)F)C(=O)O)c1cc2c(s1)CCCCC2. The molecular formula is C14H17F2NO3S. The number of aliphatic carboxylic acids is 1. The Bertz CT molecular complexity index is 507. The van der Waals surface area contributed by atoms with Gasteiger partial charge in [0.1, 0.15) is 6.04 Å². The van der Waals surface area contributed by atoms with E-state index >= 15 is 0 Å². The van der Waals surface area contributed by atoms with Crippen molar-refractivity contribution in [2.24, 2.45) is 0 Å². The van der Waals surface area contributed by atoms with Gasteiger partial charge in [-0.25, -0.2) is 13.6 Å². The van der Waals surface area contributed by atoms with E-state index in [-0.39, 0.29) is 0 Å². The summed E-state index contributed by atoms with van der Waals surface area (Å²) in [5.74, 6) is -2.03. The summed E-state index contributed by atoms with van der Waals surface area (Å²) in [5.41, 5.74) is 1.13. The number of thiophene rings is 1. The molecular weight excluding hydrogens is 300 g/mol. The van der Waals surface area contributed by atoms with Crippen LogP contribution in [-0.2, 0) is 17.6 Å². The lowest BCUT2D eigenvalue weighted by Gasteiger charge is -2.13. The molecule has 0 aromatic carbocycles. The molecule has 1 amide bonds. The molecule has 7 heteroatoms. The van der Waals surface area contributed by atoms with E-state index in [9.17, 15) is 18.4 Å². The molecule has 116 valence electrons. The van der Waals surface area contributed by atoms with Crippen LogP contribution < -0.4 is 5.32 Å². The first-order valence-electron chi connectivity index (χ1n) is 6.90. The van der Waals surface area contributed by atoms with Gasteiger partial charge in [-0.15, -0.1) is 11.3 Å². The van der Waals surface area contributed by atoms with Gasteiger partial charge in [0, 0.05) is 11.3 Å². The second-order valence-electron chi connectivity index (χ2n) is 5.11. The number of alkyl halides is 2. The molecule has 2 rings (SSSR count). The third kappa shape index (κ3) is 4.23. The quantitative estimate of drug-likeness (QED) is 0.821. The molecule has 2 N–H and O–H groups in total. The van der Waals surface area contributed by atoms with Crippen molar-refractivity contribution in [1.29, 1.82) is 0 Å². The fraction of sp³-hybridized carbons (Fsp3) is 0.571. The Balaban J connectivity index is 2.07. The lowest BCUT2D eigenvalue weighted by Crippen LogP contribution is -2.41. The fourth-order valence-corrected chi connectivity index (χ4v) is 3.57. The van der Waals surface area contributed by atoms with Crippen molar-refractivity contribution in [3.05, 3.63) is 21.4 Å². The van der Waals surface area contributed by atoms with E-state index in [1.165, 1.54) is 17.8 Å². The molecule has 0 bridgehead atoms. The van der Waals surface area contributed by atoms with Crippen LogP contribution in [0, 0.1) is 0 Å². The van der Waals surface area contributed by atoms with Gasteiger partial charge in [-0.05, 0) is 37.3 Å². The maximum absolute atomic E-state index is 12.3. The number of amides is 1. The average Bonchev–Trinajstić information content (AvgIpc) is 2.69. The highest BCUT2D eigenvalue weighted by atomic mass is 32.1. The molecule has 0 saturated carbocycles. The van der Waals surface area contributed by atoms with Gasteiger partial charge in [0.15, 0.2) is 0 Å². The number of nitrogens with one attached hydrogen (secondary N) is 1. The Morgan fingerprint density at radius 1 is 1.29 bits per heavy atom. The largest absolute Gasteiger partial charge is 0.480 e. The molecule has 0 saturated heterocycles. The Kier molecular flexibility index (Phi) is 5.27. The smallest absolute Gasteiger partial charge is 0.326 e. The average molecular weight is 317 g/mol. The van der Waals surface area contributed by atoms with Gasteiger partial charge >= 0.3 is 5.97 Å². The minimum Gasteiger partial charge on any atom is -0.480 e. The van der Waals surface area contributed by atoms with Gasteiger partial charge in [-0.2, -0.15) is 0 Å². The summed E-state index contributed by atoms with van der Waals surface area (Å²) >= 11 is 1.34. The normalized spacial score (nSPS) is 16.1. The highest BCUT2D eigenvalue weighted by Gasteiger charge is 2.26. The van der Waals surface area contributed by atoms with E-state index in [0.29, 0.717) is 4.88 Å². The van der Waals surface area contributed by atoms with Crippen molar-refractivity contribution in [3.8, 4) is 0 Å². The topological polar surface area (TPSA) is 66.4 Å². The van der Waals surface area contributed by atoms with Crippen LogP contribution >= 0.6 is 11.3 Å². The van der Waals surface area contributed by atoms with E-state index in [1.54, 1.807) is 6.07 Å². The molecule has 1 atom stereocenters. The summed E-state index contributed by atoms with van der Waals surface area (Å²) in [5, 5.41) is 11.1. The first-order valence-corrected chi connectivity index (χ1v) is 7.72. The number of carboxylic acid groups (broad SMARTS) is 1. The fourth-order valence-electron chi connectivity index (χ4n) is 2.41. The number of halogens is 2. The molecule has 1 aliphatic carbocycles. The third-order valence-electron chi connectivity index (χ3n) is 3.49. The molecule has 0 aliphatic heterocycles. The number of aryl methyl sites for hydroxylation is 2. The standard InChI is InChI=1S/C14H17F2NO3S/c15-12(16)7-9(14(19)20)17-13(18)11-6-8-4-2-1-3-5-10(8)21-11/h6,9,12H,1-5,7H2,(H,17,18)(H,19,20). The lowest BCUT2D eigenvalue weighted by atomic mass is 10.1. The first-order chi connectivity index (χ1) is 9.97. The second-order valence-corrected chi connectivity index (χ2v) is 6.25. The maximum Gasteiger partial charge on any atom is 0.326 e. The van der Waals surface area contributed by atoms with Crippen molar-refractivity contribution in [1.82, 2.24) is 5.32 Å². The molecule has 21 heavy (non-hydrogen) atoms. The number of hydrogen-bond acceptors (Lipinski definition) is 3. The van der Waals surface area contributed by atoms with Crippen LogP contribution in [0.15, 0.2) is 6.07 Å². The summed E-state index contributed by atoms with van der Waals surface area (Å²) in [6.07, 6.45) is 1.51. The molecule has 1 aromatic rings. The number of carboxylic acids is 1. The van der Waals surface area contributed by atoms with Crippen LogP contribution in [0.25, 0.3) is 0 Å². The summed E-state index contributed by atoms with van der Waals surface area (Å²) in [4.78, 5) is 24.5. The molecule has 1 heterocycles. The van der Waals surface area contributed by atoms with Gasteiger partial charge in [-0.3, -0.25) is 4.79 Å². The second kappa shape index (κ2) is 6.98. The van der Waals surface area contributed by atoms with Crippen LogP contribution in [0.2, 0.25) is 0 Å². The van der Waals surface area contributed by atoms with Gasteiger partial charge in [0.05, 0.1) is 4.88 Å². The molecule has 1 unspecified atom stereocenters. The zero-order valence-corrected chi connectivity index (χ0v) is 12.2. The predicted octanol–water partition coefficient (Wildman–Crippen LogP) is 2.86. The number of carbonyl (C=O) groups excluding carboxylic acids is 1. The predicted molar refractivity (Wildman–Crippen MR) is 75.1 cm³/mol. The monoisotopic (exact) mass is 317 g/mol. The zero-order valence-electron chi connectivity index (χ0n) is 11.4. The van der Waals surface area contributed by atoms with E-state index in [2.05, 4.69) is 5.32 Å². The van der Waals surface area contributed by atoms with Crippen molar-refractivity contribution in [3.63, 3.8) is 0 Å². The van der Waals surface area contributed by atoms with Crippen LogP contribution in [-0.4, -0.2) is 29.5 Å². The van der Waals surface area contributed by atoms with Gasteiger partial charge in [0.2, 0.25) is 6.43 Å². The molecule has 0 spiro atoms. The number of carbonyl (C=O) groups is 2. The van der Waals surface area contributed by atoms with E-state index in [1.807, 2.05) is 0 Å². The summed E-state index contributed by atoms with van der Waals surface area (Å²) in [6.45, 7) is 0. The van der Waals surface area contributed by atoms with E-state index < -0.39 is 30.8 Å². The van der Waals surface area contributed by atoms with Crippen molar-refractivity contribution in [2.45, 2.75) is 51.0 Å². The molecule has 4 nitrogen and oxygen atoms in total. The summed E-state index contributed by atoms with van der Waals surface area (Å²) < 4.78 is 24.6. The zero-order chi connectivity index (χ0) is 15.4. The third-order valence-corrected chi connectivity index (χ3v) is 4.72. The first kappa shape index (κ1) is 15.9. The minimum atomic E-state index is -2.77. The van der Waals surface area contributed by atoms with Crippen molar-refractivity contribution < 1.29 is 23.5 Å². The maximum atomic E-state index is 12.3. The Hall–Kier alpha value is -1.50. The van der Waals surface area contributed by atoms with Crippen LogP contribution in [0.5, 0.6) is 0 Å². The van der Waals surface area contributed by atoms with Gasteiger partial charge in [0.25, 0.3) is 5.91 Å². The number of rotatable bonds is 5. The van der Waals surface area contributed by atoms with Crippen molar-refractivity contribution in [2.75, 3.05) is 0 Å². The highest BCUT2D eigenvalue weighted by Crippen LogP contribution is 2.29. The van der Waals surface area contributed by atoms with Crippen LogP contribution in [0.3, 0.4) is 0 Å². The molecule has 1 aliphatic rings. The number of hydrogen-bond donors (Lipinski definition) is 2. The minimum absolute atomic E-state index is 0.405. The summed E-state index contributed by atoms with van der Waals surface area (Å²) in [6, 6.07) is 0.210. The van der Waals surface area contributed by atoms with Gasteiger partial charge in [-0.1, -0.05) is 6.42 Å². The summed E-state index contributed by atoms with van der Waals surface area (Å²) in [7, 11) is 0. The Labute approximate surface area is 125 Å². The van der Waals surface area contributed by atoms with E-state index in [0.717, 1.165) is 36.1 Å². The molecule has 0 fully saturated rings. The molecule has 1 aromatic heterocycles. The molecule has 0 radical (unpaired) electrons. The highest BCUT2D eigenvalue weighted by molar-refractivity contribution is 7.14. The van der Waals surface area contributed by atoms with Gasteiger partial charge < -0.3 is 10.4 Å². The van der Waals surface area contributed by atoms with E-state index in [4.69, 9.17) is 5.11 Å². The Morgan fingerprint density at radius 3 is 2.67 bits per heavy atom. The van der Waals surface area contributed by atoms with Crippen LogP contribution in [0.1, 0.15) is 45.8 Å². The van der Waals surface area contributed by atoms with Crippen LogP contribution in [0.4, 0.5) is 8.78 Å². The lowest BCUT2D eigenvalue weighted by molar-refractivity contribution is -0.140. The number of fused-ring (bicyclic) bond motifs is 1. The van der Waals surface area contributed by atoms with Crippen molar-refractivity contribution >= 4 is 23.2 Å². The Morgan fingerprint density at radius 2 is 2.00 bits per heavy atom.